The lowest BCUT2D eigenvalue weighted by Crippen LogP contribution is -2.47. The van der Waals surface area contributed by atoms with Gasteiger partial charge >= 0.3 is 0 Å². The summed E-state index contributed by atoms with van der Waals surface area (Å²) < 4.78 is 40.1. The molecular formula is C18H23F3N2O. The van der Waals surface area contributed by atoms with Gasteiger partial charge in [-0.05, 0) is 32.0 Å². The first-order valence-electron chi connectivity index (χ1n) is 8.57. The Labute approximate surface area is 140 Å². The Morgan fingerprint density at radius 2 is 1.71 bits per heavy atom. The molecule has 0 aromatic heterocycles. The largest absolute Gasteiger partial charge is 0.342 e. The van der Waals surface area contributed by atoms with Crippen LogP contribution in [0.3, 0.4) is 0 Å². The van der Waals surface area contributed by atoms with Crippen molar-refractivity contribution >= 4 is 5.91 Å². The minimum Gasteiger partial charge on any atom is -0.342 e. The highest BCUT2D eigenvalue weighted by Gasteiger charge is 2.37. The topological polar surface area (TPSA) is 23.6 Å². The van der Waals surface area contributed by atoms with Crippen molar-refractivity contribution in [3.63, 3.8) is 0 Å². The maximum atomic E-state index is 13.7. The van der Waals surface area contributed by atoms with Crippen LogP contribution < -0.4 is 0 Å². The van der Waals surface area contributed by atoms with E-state index in [2.05, 4.69) is 4.90 Å². The van der Waals surface area contributed by atoms with Gasteiger partial charge in [-0.3, -0.25) is 9.69 Å². The van der Waals surface area contributed by atoms with Crippen molar-refractivity contribution in [1.82, 2.24) is 9.80 Å². The molecule has 0 N–H and O–H groups in total. The number of carbonyl (C=O) groups is 1. The average Bonchev–Trinajstić information content (AvgIpc) is 2.57. The third-order valence-corrected chi connectivity index (χ3v) is 5.10. The second kappa shape index (κ2) is 7.13. The molecule has 0 saturated carbocycles. The molecule has 0 bridgehead atoms. The number of hydrogen-bond donors (Lipinski definition) is 0. The van der Waals surface area contributed by atoms with Crippen LogP contribution in [0.15, 0.2) is 24.3 Å². The number of benzene rings is 1. The van der Waals surface area contributed by atoms with Gasteiger partial charge in [0.1, 0.15) is 5.82 Å². The summed E-state index contributed by atoms with van der Waals surface area (Å²) in [5.41, 5.74) is 0.667. The molecule has 2 heterocycles. The SMILES string of the molecule is O=C(C1CCN(Cc2ccccc2F)CC1)N1CCC(F)(F)CC1. The summed E-state index contributed by atoms with van der Waals surface area (Å²) in [5, 5.41) is 0. The van der Waals surface area contributed by atoms with Crippen molar-refractivity contribution in [1.29, 1.82) is 0 Å². The lowest BCUT2D eigenvalue weighted by Gasteiger charge is -2.37. The smallest absolute Gasteiger partial charge is 0.251 e. The Morgan fingerprint density at radius 3 is 2.33 bits per heavy atom. The number of rotatable bonds is 3. The molecule has 2 saturated heterocycles. The third-order valence-electron chi connectivity index (χ3n) is 5.10. The van der Waals surface area contributed by atoms with E-state index >= 15 is 0 Å². The average molecular weight is 340 g/mol. The highest BCUT2D eigenvalue weighted by atomic mass is 19.3. The Hall–Kier alpha value is -1.56. The highest BCUT2D eigenvalue weighted by Crippen LogP contribution is 2.30. The molecule has 2 aliphatic heterocycles. The number of nitrogens with zero attached hydrogens (tertiary/aromatic N) is 2. The van der Waals surface area contributed by atoms with Gasteiger partial charge < -0.3 is 4.90 Å². The highest BCUT2D eigenvalue weighted by molar-refractivity contribution is 5.79. The second-order valence-corrected chi connectivity index (χ2v) is 6.82. The number of hydrogen-bond acceptors (Lipinski definition) is 2. The van der Waals surface area contributed by atoms with Crippen molar-refractivity contribution in [3.05, 3.63) is 35.6 Å². The molecule has 3 nitrogen and oxygen atoms in total. The molecule has 0 atom stereocenters. The van der Waals surface area contributed by atoms with Crippen LogP contribution in [0.2, 0.25) is 0 Å². The van der Waals surface area contributed by atoms with Gasteiger partial charge in [0.05, 0.1) is 0 Å². The van der Waals surface area contributed by atoms with E-state index in [0.29, 0.717) is 24.9 Å². The Kier molecular flexibility index (Phi) is 5.13. The summed E-state index contributed by atoms with van der Waals surface area (Å²) in [4.78, 5) is 16.2. The van der Waals surface area contributed by atoms with Crippen LogP contribution in [-0.4, -0.2) is 47.8 Å². The number of piperidine rings is 2. The first-order chi connectivity index (χ1) is 11.4. The Balaban J connectivity index is 1.48. The molecule has 0 spiro atoms. The fourth-order valence-electron chi connectivity index (χ4n) is 3.52. The number of amides is 1. The first kappa shape index (κ1) is 17.3. The monoisotopic (exact) mass is 340 g/mol. The predicted octanol–water partition coefficient (Wildman–Crippen LogP) is 3.30. The van der Waals surface area contributed by atoms with Crippen LogP contribution in [-0.2, 0) is 11.3 Å². The van der Waals surface area contributed by atoms with Crippen molar-refractivity contribution in [3.8, 4) is 0 Å². The van der Waals surface area contributed by atoms with Gasteiger partial charge in [0, 0.05) is 44.0 Å². The number of carbonyl (C=O) groups excluding carboxylic acids is 1. The molecule has 0 radical (unpaired) electrons. The summed E-state index contributed by atoms with van der Waals surface area (Å²) >= 11 is 0. The zero-order valence-electron chi connectivity index (χ0n) is 13.7. The minimum atomic E-state index is -2.63. The van der Waals surface area contributed by atoms with Crippen LogP contribution in [0.4, 0.5) is 13.2 Å². The fourth-order valence-corrected chi connectivity index (χ4v) is 3.52. The summed E-state index contributed by atoms with van der Waals surface area (Å²) in [6.45, 7) is 2.32. The summed E-state index contributed by atoms with van der Waals surface area (Å²) in [6, 6.07) is 6.73. The predicted molar refractivity (Wildman–Crippen MR) is 85.2 cm³/mol. The van der Waals surface area contributed by atoms with Crippen LogP contribution in [0.25, 0.3) is 0 Å². The molecule has 2 fully saturated rings. The maximum Gasteiger partial charge on any atom is 0.251 e. The quantitative estimate of drug-likeness (QED) is 0.843. The van der Waals surface area contributed by atoms with E-state index in [1.165, 1.54) is 6.07 Å². The van der Waals surface area contributed by atoms with Gasteiger partial charge in [0.25, 0.3) is 5.92 Å². The molecule has 132 valence electrons. The van der Waals surface area contributed by atoms with E-state index in [1.807, 2.05) is 6.07 Å². The maximum absolute atomic E-state index is 13.7. The molecule has 6 heteroatoms. The van der Waals surface area contributed by atoms with Gasteiger partial charge in [0.15, 0.2) is 0 Å². The fraction of sp³-hybridized carbons (Fsp3) is 0.611. The van der Waals surface area contributed by atoms with E-state index in [9.17, 15) is 18.0 Å². The molecule has 1 aromatic rings. The molecule has 1 aromatic carbocycles. The van der Waals surface area contributed by atoms with Crippen LogP contribution in [0.1, 0.15) is 31.2 Å². The lowest BCUT2D eigenvalue weighted by atomic mass is 9.93. The first-order valence-corrected chi connectivity index (χ1v) is 8.57. The molecule has 3 rings (SSSR count). The van der Waals surface area contributed by atoms with Gasteiger partial charge in [-0.15, -0.1) is 0 Å². The Morgan fingerprint density at radius 1 is 1.08 bits per heavy atom. The van der Waals surface area contributed by atoms with Crippen molar-refractivity contribution in [2.45, 2.75) is 38.2 Å². The van der Waals surface area contributed by atoms with Crippen molar-refractivity contribution in [2.24, 2.45) is 5.92 Å². The van der Waals surface area contributed by atoms with Gasteiger partial charge in [-0.25, -0.2) is 13.2 Å². The van der Waals surface area contributed by atoms with Crippen molar-refractivity contribution in [2.75, 3.05) is 26.2 Å². The van der Waals surface area contributed by atoms with Gasteiger partial charge in [-0.1, -0.05) is 18.2 Å². The zero-order valence-corrected chi connectivity index (χ0v) is 13.7. The van der Waals surface area contributed by atoms with Crippen LogP contribution in [0, 0.1) is 11.7 Å². The van der Waals surface area contributed by atoms with E-state index < -0.39 is 5.92 Å². The number of alkyl halides is 2. The normalized spacial score (nSPS) is 22.5. The van der Waals surface area contributed by atoms with E-state index in [4.69, 9.17) is 0 Å². The molecule has 24 heavy (non-hydrogen) atoms. The van der Waals surface area contributed by atoms with E-state index in [1.54, 1.807) is 17.0 Å². The second-order valence-electron chi connectivity index (χ2n) is 6.82. The third kappa shape index (κ3) is 4.09. The van der Waals surface area contributed by atoms with Gasteiger partial charge in [0.2, 0.25) is 5.91 Å². The molecule has 1 amide bonds. The zero-order chi connectivity index (χ0) is 17.2. The van der Waals surface area contributed by atoms with Crippen LogP contribution >= 0.6 is 0 Å². The molecule has 2 aliphatic rings. The summed E-state index contributed by atoms with van der Waals surface area (Å²) in [6.07, 6.45) is 0.954. The molecule has 0 aliphatic carbocycles. The summed E-state index contributed by atoms with van der Waals surface area (Å²) in [7, 11) is 0. The lowest BCUT2D eigenvalue weighted by molar-refractivity contribution is -0.143. The molecule has 0 unspecified atom stereocenters. The van der Waals surface area contributed by atoms with Gasteiger partial charge in [-0.2, -0.15) is 0 Å². The number of likely N-dealkylation sites (tertiary alicyclic amines) is 2. The standard InChI is InChI=1S/C18H23F3N2O/c19-16-4-2-1-3-15(16)13-22-9-5-14(6-10-22)17(24)23-11-7-18(20,21)8-12-23/h1-4,14H,5-13H2. The van der Waals surface area contributed by atoms with Crippen LogP contribution in [0.5, 0.6) is 0 Å². The van der Waals surface area contributed by atoms with E-state index in [-0.39, 0.29) is 43.6 Å². The minimum absolute atomic E-state index is 0.0102. The molecular weight excluding hydrogens is 317 g/mol. The van der Waals surface area contributed by atoms with E-state index in [0.717, 1.165) is 13.1 Å². The summed E-state index contributed by atoms with van der Waals surface area (Å²) in [5.74, 6) is -2.91. The number of halogens is 3. The van der Waals surface area contributed by atoms with Crippen molar-refractivity contribution < 1.29 is 18.0 Å². The Bertz CT molecular complexity index is 575.